The number of hydrogen-bond acceptors (Lipinski definition) is 3. The van der Waals surface area contributed by atoms with E-state index in [0.29, 0.717) is 0 Å². The Balaban J connectivity index is 2.40. The smallest absolute Gasteiger partial charge is 0.0589 e. The number of hydrogen-bond donors (Lipinski definition) is 3. The van der Waals surface area contributed by atoms with Crippen molar-refractivity contribution in [3.05, 3.63) is 28.3 Å². The van der Waals surface area contributed by atoms with Crippen molar-refractivity contribution in [1.29, 1.82) is 0 Å². The minimum absolute atomic E-state index is 0.00740. The third kappa shape index (κ3) is 1.71. The van der Waals surface area contributed by atoms with E-state index in [1.54, 1.807) is 0 Å². The standard InChI is InChI=1S/C11H15ClN2O/c1-6-9(12)3-2-7-8(10(13)5-15)4-14-11(6)7/h2-3,8,10,14-15H,4-5,13H2,1H3. The summed E-state index contributed by atoms with van der Waals surface area (Å²) in [5.74, 6) is 0.181. The molecule has 0 fully saturated rings. The number of fused-ring (bicyclic) bond motifs is 1. The van der Waals surface area contributed by atoms with Crippen molar-refractivity contribution in [3.63, 3.8) is 0 Å². The number of anilines is 1. The molecule has 1 aromatic rings. The Bertz CT molecular complexity index is 381. The van der Waals surface area contributed by atoms with Gasteiger partial charge in [0.1, 0.15) is 0 Å². The predicted octanol–water partition coefficient (Wildman–Crippen LogP) is 1.48. The van der Waals surface area contributed by atoms with E-state index in [-0.39, 0.29) is 18.6 Å². The lowest BCUT2D eigenvalue weighted by atomic mass is 9.93. The molecule has 1 aliphatic rings. The number of nitrogens with one attached hydrogen (secondary N) is 1. The Labute approximate surface area is 94.2 Å². The molecule has 4 heteroatoms. The zero-order chi connectivity index (χ0) is 11.0. The van der Waals surface area contributed by atoms with Crippen molar-refractivity contribution >= 4 is 17.3 Å². The van der Waals surface area contributed by atoms with Crippen molar-refractivity contribution in [1.82, 2.24) is 0 Å². The first kappa shape index (κ1) is 10.7. The van der Waals surface area contributed by atoms with Gasteiger partial charge in [-0.1, -0.05) is 17.7 Å². The number of nitrogens with two attached hydrogens (primary N) is 1. The summed E-state index contributed by atoms with van der Waals surface area (Å²) >= 11 is 6.03. The first-order chi connectivity index (χ1) is 7.15. The fourth-order valence-corrected chi connectivity index (χ4v) is 2.24. The summed E-state index contributed by atoms with van der Waals surface area (Å²) in [7, 11) is 0. The summed E-state index contributed by atoms with van der Waals surface area (Å²) in [5, 5.41) is 13.1. The highest BCUT2D eigenvalue weighted by Gasteiger charge is 2.28. The van der Waals surface area contributed by atoms with E-state index in [1.807, 2.05) is 19.1 Å². The van der Waals surface area contributed by atoms with Gasteiger partial charge in [-0.25, -0.2) is 0 Å². The van der Waals surface area contributed by atoms with Gasteiger partial charge in [0.2, 0.25) is 0 Å². The molecular weight excluding hydrogens is 212 g/mol. The zero-order valence-electron chi connectivity index (χ0n) is 8.63. The lowest BCUT2D eigenvalue weighted by Gasteiger charge is -2.16. The number of rotatable bonds is 2. The second kappa shape index (κ2) is 4.00. The van der Waals surface area contributed by atoms with E-state index in [2.05, 4.69) is 5.32 Å². The lowest BCUT2D eigenvalue weighted by molar-refractivity contribution is 0.252. The molecule has 3 nitrogen and oxygen atoms in total. The maximum Gasteiger partial charge on any atom is 0.0589 e. The molecule has 82 valence electrons. The Morgan fingerprint density at radius 2 is 2.40 bits per heavy atom. The molecule has 1 heterocycles. The molecule has 0 saturated heterocycles. The van der Waals surface area contributed by atoms with Gasteiger partial charge in [0.25, 0.3) is 0 Å². The second-order valence-corrected chi connectivity index (χ2v) is 4.38. The van der Waals surface area contributed by atoms with Crippen LogP contribution in [0.4, 0.5) is 5.69 Å². The van der Waals surface area contributed by atoms with Crippen molar-refractivity contribution in [3.8, 4) is 0 Å². The van der Waals surface area contributed by atoms with Gasteiger partial charge in [-0.05, 0) is 24.1 Å². The number of halogens is 1. The van der Waals surface area contributed by atoms with Gasteiger partial charge in [0, 0.05) is 29.2 Å². The number of benzene rings is 1. The third-order valence-electron chi connectivity index (χ3n) is 3.06. The lowest BCUT2D eigenvalue weighted by Crippen LogP contribution is -2.33. The van der Waals surface area contributed by atoms with Crippen LogP contribution in [-0.2, 0) is 0 Å². The molecule has 4 N–H and O–H groups in total. The molecule has 15 heavy (non-hydrogen) atoms. The van der Waals surface area contributed by atoms with Gasteiger partial charge < -0.3 is 16.2 Å². The first-order valence-electron chi connectivity index (χ1n) is 5.04. The molecule has 1 aliphatic heterocycles. The van der Waals surface area contributed by atoms with Crippen LogP contribution >= 0.6 is 11.6 Å². The molecule has 1 aromatic carbocycles. The van der Waals surface area contributed by atoms with Crippen molar-refractivity contribution < 1.29 is 5.11 Å². The van der Waals surface area contributed by atoms with Crippen LogP contribution in [0.1, 0.15) is 17.0 Å². The van der Waals surface area contributed by atoms with E-state index in [4.69, 9.17) is 22.4 Å². The minimum atomic E-state index is -0.209. The van der Waals surface area contributed by atoms with Crippen LogP contribution in [0.2, 0.25) is 5.02 Å². The van der Waals surface area contributed by atoms with E-state index in [9.17, 15) is 0 Å². The summed E-state index contributed by atoms with van der Waals surface area (Å²) in [6.07, 6.45) is 0. The van der Waals surface area contributed by atoms with E-state index >= 15 is 0 Å². The summed E-state index contributed by atoms with van der Waals surface area (Å²) < 4.78 is 0. The molecule has 0 aromatic heterocycles. The van der Waals surface area contributed by atoms with Crippen LogP contribution in [0.25, 0.3) is 0 Å². The summed E-state index contributed by atoms with van der Waals surface area (Å²) in [6.45, 7) is 2.77. The number of aliphatic hydroxyl groups excluding tert-OH is 1. The number of aliphatic hydroxyl groups is 1. The summed E-state index contributed by atoms with van der Waals surface area (Å²) in [5.41, 5.74) is 9.16. The van der Waals surface area contributed by atoms with Crippen LogP contribution in [-0.4, -0.2) is 24.3 Å². The minimum Gasteiger partial charge on any atom is -0.395 e. The van der Waals surface area contributed by atoms with Crippen molar-refractivity contribution in [2.45, 2.75) is 18.9 Å². The van der Waals surface area contributed by atoms with Crippen molar-refractivity contribution in [2.24, 2.45) is 5.73 Å². The monoisotopic (exact) mass is 226 g/mol. The fourth-order valence-electron chi connectivity index (χ4n) is 2.08. The largest absolute Gasteiger partial charge is 0.395 e. The average Bonchev–Trinajstić information content (AvgIpc) is 2.66. The average molecular weight is 227 g/mol. The highest BCUT2D eigenvalue weighted by atomic mass is 35.5. The highest BCUT2D eigenvalue weighted by Crippen LogP contribution is 2.38. The molecule has 2 unspecified atom stereocenters. The molecule has 2 rings (SSSR count). The van der Waals surface area contributed by atoms with Crippen LogP contribution in [0.15, 0.2) is 12.1 Å². The van der Waals surface area contributed by atoms with E-state index < -0.39 is 0 Å². The van der Waals surface area contributed by atoms with E-state index in [1.165, 1.54) is 5.56 Å². The van der Waals surface area contributed by atoms with Gasteiger partial charge in [-0.15, -0.1) is 0 Å². The SMILES string of the molecule is Cc1c(Cl)ccc2c1NCC2C(N)CO. The quantitative estimate of drug-likeness (QED) is 0.716. The van der Waals surface area contributed by atoms with Crippen LogP contribution in [0.5, 0.6) is 0 Å². The maximum atomic E-state index is 9.07. The Morgan fingerprint density at radius 3 is 3.07 bits per heavy atom. The molecule has 0 aliphatic carbocycles. The topological polar surface area (TPSA) is 58.3 Å². The normalized spacial score (nSPS) is 20.9. The summed E-state index contributed by atoms with van der Waals surface area (Å²) in [6, 6.07) is 3.67. The van der Waals surface area contributed by atoms with Crippen LogP contribution < -0.4 is 11.1 Å². The Morgan fingerprint density at radius 1 is 1.67 bits per heavy atom. The van der Waals surface area contributed by atoms with Gasteiger partial charge in [-0.2, -0.15) is 0 Å². The predicted molar refractivity (Wildman–Crippen MR) is 62.5 cm³/mol. The summed E-state index contributed by atoms with van der Waals surface area (Å²) in [4.78, 5) is 0. The molecule has 0 amide bonds. The van der Waals surface area contributed by atoms with E-state index in [0.717, 1.165) is 22.8 Å². The Kier molecular flexibility index (Phi) is 2.87. The Hall–Kier alpha value is -0.770. The second-order valence-electron chi connectivity index (χ2n) is 3.97. The van der Waals surface area contributed by atoms with Gasteiger partial charge >= 0.3 is 0 Å². The van der Waals surface area contributed by atoms with Gasteiger partial charge in [-0.3, -0.25) is 0 Å². The molecule has 0 bridgehead atoms. The highest BCUT2D eigenvalue weighted by molar-refractivity contribution is 6.31. The molecule has 2 atom stereocenters. The first-order valence-corrected chi connectivity index (χ1v) is 5.42. The molecule has 0 saturated carbocycles. The fraction of sp³-hybridized carbons (Fsp3) is 0.455. The molecule has 0 spiro atoms. The van der Waals surface area contributed by atoms with Crippen molar-refractivity contribution in [2.75, 3.05) is 18.5 Å². The molecule has 0 radical (unpaired) electrons. The van der Waals surface area contributed by atoms with Crippen LogP contribution in [0, 0.1) is 6.92 Å². The van der Waals surface area contributed by atoms with Gasteiger partial charge in [0.15, 0.2) is 0 Å². The third-order valence-corrected chi connectivity index (χ3v) is 3.47. The zero-order valence-corrected chi connectivity index (χ0v) is 9.38. The van der Waals surface area contributed by atoms with Crippen LogP contribution in [0.3, 0.4) is 0 Å². The molecular formula is C11H15ClN2O. The maximum absolute atomic E-state index is 9.07. The van der Waals surface area contributed by atoms with Gasteiger partial charge in [0.05, 0.1) is 6.61 Å².